The molecule has 0 aromatic rings. The number of nitrogens with one attached hydrogen (secondary N) is 1. The number of nitrogens with zero attached hydrogens (tertiary/aromatic N) is 1. The second kappa shape index (κ2) is 5.69. The van der Waals surface area contributed by atoms with Crippen LogP contribution >= 0.6 is 0 Å². The van der Waals surface area contributed by atoms with E-state index in [9.17, 15) is 14.4 Å². The maximum atomic E-state index is 12.5. The summed E-state index contributed by atoms with van der Waals surface area (Å²) in [4.78, 5) is 36.8. The van der Waals surface area contributed by atoms with E-state index in [4.69, 9.17) is 5.73 Å². The molecule has 2 aliphatic rings. The molecule has 3 unspecified atom stereocenters. The normalized spacial score (nSPS) is 32.1. The van der Waals surface area contributed by atoms with Crippen molar-refractivity contribution in [1.29, 1.82) is 0 Å². The fourth-order valence-corrected chi connectivity index (χ4v) is 2.95. The van der Waals surface area contributed by atoms with Crippen LogP contribution < -0.4 is 11.1 Å². The van der Waals surface area contributed by atoms with Crippen LogP contribution in [0.5, 0.6) is 0 Å². The number of hydrogen-bond donors (Lipinski definition) is 2. The zero-order chi connectivity index (χ0) is 14.0. The smallest absolute Gasteiger partial charge is 0.249 e. The zero-order valence-electron chi connectivity index (χ0n) is 11.2. The summed E-state index contributed by atoms with van der Waals surface area (Å²) < 4.78 is 0. The lowest BCUT2D eigenvalue weighted by Crippen LogP contribution is -2.59. The highest BCUT2D eigenvalue weighted by molar-refractivity contribution is 6.04. The van der Waals surface area contributed by atoms with Crippen LogP contribution in [0, 0.1) is 11.8 Å². The van der Waals surface area contributed by atoms with Gasteiger partial charge in [0.15, 0.2) is 0 Å². The number of amides is 3. The minimum Gasteiger partial charge on any atom is -0.330 e. The predicted molar refractivity (Wildman–Crippen MR) is 68.8 cm³/mol. The topological polar surface area (TPSA) is 92.5 Å². The minimum absolute atomic E-state index is 0.0183. The standard InChI is InChI=1S/C13H21N3O3/c1-8-12(18)15-11(17)7-16(8)13(19)10-4-2-3-9(5-10)6-14/h8-10H,2-7,14H2,1H3,(H,15,17,18). The largest absolute Gasteiger partial charge is 0.330 e. The summed E-state index contributed by atoms with van der Waals surface area (Å²) in [5.41, 5.74) is 5.67. The molecule has 3 N–H and O–H groups in total. The van der Waals surface area contributed by atoms with Gasteiger partial charge in [0.05, 0.1) is 0 Å². The van der Waals surface area contributed by atoms with Gasteiger partial charge in [-0.15, -0.1) is 0 Å². The van der Waals surface area contributed by atoms with Crippen LogP contribution in [-0.4, -0.2) is 41.8 Å². The van der Waals surface area contributed by atoms with Gasteiger partial charge in [-0.1, -0.05) is 6.42 Å². The average Bonchev–Trinajstić information content (AvgIpc) is 2.42. The van der Waals surface area contributed by atoms with Crippen molar-refractivity contribution in [3.05, 3.63) is 0 Å². The van der Waals surface area contributed by atoms with E-state index in [1.165, 1.54) is 4.90 Å². The molecule has 2 rings (SSSR count). The number of piperazine rings is 1. The third-order valence-corrected chi connectivity index (χ3v) is 4.17. The second-order valence-corrected chi connectivity index (χ2v) is 5.52. The van der Waals surface area contributed by atoms with E-state index in [1.807, 2.05) is 0 Å². The van der Waals surface area contributed by atoms with Gasteiger partial charge in [0.2, 0.25) is 17.7 Å². The number of hydrogen-bond acceptors (Lipinski definition) is 4. The fraction of sp³-hybridized carbons (Fsp3) is 0.769. The van der Waals surface area contributed by atoms with Crippen LogP contribution in [0.2, 0.25) is 0 Å². The first kappa shape index (κ1) is 14.0. The molecular formula is C13H21N3O3. The molecule has 2 fully saturated rings. The fourth-order valence-electron chi connectivity index (χ4n) is 2.95. The third-order valence-electron chi connectivity index (χ3n) is 4.17. The van der Waals surface area contributed by atoms with Crippen LogP contribution in [0.25, 0.3) is 0 Å². The highest BCUT2D eigenvalue weighted by Gasteiger charge is 2.37. The van der Waals surface area contributed by atoms with Crippen molar-refractivity contribution in [3.8, 4) is 0 Å². The maximum Gasteiger partial charge on any atom is 0.249 e. The minimum atomic E-state index is -0.566. The molecule has 0 bridgehead atoms. The molecule has 6 nitrogen and oxygen atoms in total. The van der Waals surface area contributed by atoms with Crippen molar-refractivity contribution in [2.75, 3.05) is 13.1 Å². The Labute approximate surface area is 112 Å². The van der Waals surface area contributed by atoms with Crippen LogP contribution in [-0.2, 0) is 14.4 Å². The molecular weight excluding hydrogens is 246 g/mol. The first-order valence-electron chi connectivity index (χ1n) is 6.87. The molecule has 6 heteroatoms. The van der Waals surface area contributed by atoms with Crippen molar-refractivity contribution in [2.45, 2.75) is 38.6 Å². The van der Waals surface area contributed by atoms with Crippen LogP contribution in [0.4, 0.5) is 0 Å². The Hall–Kier alpha value is -1.43. The van der Waals surface area contributed by atoms with Gasteiger partial charge in [-0.3, -0.25) is 19.7 Å². The lowest BCUT2D eigenvalue weighted by Gasteiger charge is -2.36. The number of imide groups is 1. The summed E-state index contributed by atoms with van der Waals surface area (Å²) in [7, 11) is 0. The van der Waals surface area contributed by atoms with Gasteiger partial charge in [-0.25, -0.2) is 0 Å². The van der Waals surface area contributed by atoms with Crippen molar-refractivity contribution in [1.82, 2.24) is 10.2 Å². The summed E-state index contributed by atoms with van der Waals surface area (Å²) >= 11 is 0. The first-order chi connectivity index (χ1) is 9.02. The Morgan fingerprint density at radius 3 is 2.84 bits per heavy atom. The van der Waals surface area contributed by atoms with Gasteiger partial charge < -0.3 is 10.6 Å². The molecule has 1 heterocycles. The Bertz CT molecular complexity index is 397. The SMILES string of the molecule is CC1C(=O)NC(=O)CN1C(=O)C1CCCC(CN)C1. The molecule has 0 radical (unpaired) electrons. The molecule has 1 saturated carbocycles. The molecule has 0 spiro atoms. The average molecular weight is 267 g/mol. The lowest BCUT2D eigenvalue weighted by molar-refractivity contribution is -0.152. The number of rotatable bonds is 2. The third kappa shape index (κ3) is 2.94. The molecule has 106 valence electrons. The lowest BCUT2D eigenvalue weighted by atomic mass is 9.80. The van der Waals surface area contributed by atoms with Crippen molar-refractivity contribution in [2.24, 2.45) is 17.6 Å². The quantitative estimate of drug-likeness (QED) is 0.667. The van der Waals surface area contributed by atoms with Crippen molar-refractivity contribution >= 4 is 17.7 Å². The molecule has 1 aliphatic carbocycles. The second-order valence-electron chi connectivity index (χ2n) is 5.52. The summed E-state index contributed by atoms with van der Waals surface area (Å²) in [5, 5.41) is 2.25. The summed E-state index contributed by atoms with van der Waals surface area (Å²) in [6.07, 6.45) is 3.65. The van der Waals surface area contributed by atoms with Crippen LogP contribution in [0.3, 0.4) is 0 Å². The predicted octanol–water partition coefficient (Wildman–Crippen LogP) is -0.375. The summed E-state index contributed by atoms with van der Waals surface area (Å²) in [6.45, 7) is 2.23. The van der Waals surface area contributed by atoms with Gasteiger partial charge in [-0.05, 0) is 38.6 Å². The number of carbonyl (C=O) groups is 3. The van der Waals surface area contributed by atoms with E-state index in [2.05, 4.69) is 5.32 Å². The van der Waals surface area contributed by atoms with E-state index < -0.39 is 17.9 Å². The van der Waals surface area contributed by atoms with E-state index in [0.29, 0.717) is 12.5 Å². The highest BCUT2D eigenvalue weighted by Crippen LogP contribution is 2.30. The Kier molecular flexibility index (Phi) is 4.19. The first-order valence-corrected chi connectivity index (χ1v) is 6.87. The molecule has 1 aliphatic heterocycles. The van der Waals surface area contributed by atoms with E-state index >= 15 is 0 Å². The monoisotopic (exact) mass is 267 g/mol. The number of carbonyl (C=O) groups excluding carboxylic acids is 3. The van der Waals surface area contributed by atoms with E-state index in [1.54, 1.807) is 6.92 Å². The zero-order valence-corrected chi connectivity index (χ0v) is 11.2. The van der Waals surface area contributed by atoms with Crippen LogP contribution in [0.15, 0.2) is 0 Å². The number of nitrogens with two attached hydrogens (primary N) is 1. The molecule has 0 aromatic carbocycles. The Balaban J connectivity index is 2.05. The van der Waals surface area contributed by atoms with E-state index in [-0.39, 0.29) is 18.4 Å². The maximum absolute atomic E-state index is 12.5. The summed E-state index contributed by atoms with van der Waals surface area (Å²) in [5.74, 6) is -0.581. The van der Waals surface area contributed by atoms with Gasteiger partial charge >= 0.3 is 0 Å². The highest BCUT2D eigenvalue weighted by atomic mass is 16.2. The van der Waals surface area contributed by atoms with Gasteiger partial charge in [0.25, 0.3) is 0 Å². The molecule has 3 atom stereocenters. The van der Waals surface area contributed by atoms with Crippen molar-refractivity contribution < 1.29 is 14.4 Å². The van der Waals surface area contributed by atoms with Gasteiger partial charge in [0, 0.05) is 5.92 Å². The Morgan fingerprint density at radius 2 is 2.16 bits per heavy atom. The van der Waals surface area contributed by atoms with Gasteiger partial charge in [0.1, 0.15) is 12.6 Å². The molecule has 3 amide bonds. The molecule has 0 aromatic heterocycles. The van der Waals surface area contributed by atoms with Gasteiger partial charge in [-0.2, -0.15) is 0 Å². The van der Waals surface area contributed by atoms with Crippen molar-refractivity contribution in [3.63, 3.8) is 0 Å². The van der Waals surface area contributed by atoms with E-state index in [0.717, 1.165) is 25.7 Å². The summed E-state index contributed by atoms with van der Waals surface area (Å²) in [6, 6.07) is -0.566. The molecule has 19 heavy (non-hydrogen) atoms. The van der Waals surface area contributed by atoms with Crippen LogP contribution in [0.1, 0.15) is 32.6 Å². The molecule has 1 saturated heterocycles. The Morgan fingerprint density at radius 1 is 1.42 bits per heavy atom.